The SMILES string of the molecule is COC[C@]1(OC)CC[C@H]2[C@@H]3CCC4=CC(=O)CC[C@]45O[C@]35[C@@H](c3ccc(/C=N/O)cc3)C[C@@]21C. The quantitative estimate of drug-likeness (QED) is 0.297. The third kappa shape index (κ3) is 2.62. The van der Waals surface area contributed by atoms with Gasteiger partial charge in [-0.05, 0) is 73.1 Å². The van der Waals surface area contributed by atoms with Crippen LogP contribution in [-0.4, -0.2) is 54.8 Å². The number of nitrogens with zero attached hydrogens (tertiary/aromatic N) is 1. The van der Waals surface area contributed by atoms with E-state index < -0.39 is 0 Å². The summed E-state index contributed by atoms with van der Waals surface area (Å²) in [6, 6.07) is 8.36. The van der Waals surface area contributed by atoms with Crippen molar-refractivity contribution >= 4 is 12.0 Å². The molecule has 1 N–H and O–H groups in total. The standard InChI is InChI=1S/C28H35NO5/c1-25-15-24(19-6-4-18(5-7-19)16-29-31)28-23(22(25)11-12-26(25,33-3)17-32-2)9-8-20-14-21(30)10-13-27(20,28)34-28/h4-7,14,16,22-24,31H,8-13,15,17H2,1-3H3/b29-16+/t22-,23-,24+,25-,26+,27-,28-/m0/s1. The summed E-state index contributed by atoms with van der Waals surface area (Å²) < 4.78 is 19.1. The highest BCUT2D eigenvalue weighted by molar-refractivity contribution is 5.92. The Kier molecular flexibility index (Phi) is 4.94. The molecule has 182 valence electrons. The van der Waals surface area contributed by atoms with Gasteiger partial charge in [-0.1, -0.05) is 36.3 Å². The Labute approximate surface area is 201 Å². The van der Waals surface area contributed by atoms with Crippen molar-refractivity contribution < 1.29 is 24.2 Å². The van der Waals surface area contributed by atoms with Crippen LogP contribution in [0.3, 0.4) is 0 Å². The van der Waals surface area contributed by atoms with E-state index in [1.807, 2.05) is 25.3 Å². The second-order valence-electron chi connectivity index (χ2n) is 11.4. The van der Waals surface area contributed by atoms with Gasteiger partial charge in [-0.3, -0.25) is 4.79 Å². The maximum absolute atomic E-state index is 12.3. The number of fused-ring (bicyclic) bond motifs is 2. The number of ketones is 1. The predicted octanol–water partition coefficient (Wildman–Crippen LogP) is 4.64. The van der Waals surface area contributed by atoms with Crippen LogP contribution in [0.1, 0.15) is 68.9 Å². The number of ether oxygens (including phenoxy) is 3. The maximum atomic E-state index is 12.3. The van der Waals surface area contributed by atoms with Crippen LogP contribution in [0, 0.1) is 17.3 Å². The third-order valence-corrected chi connectivity index (χ3v) is 10.4. The summed E-state index contributed by atoms with van der Waals surface area (Å²) in [6.45, 7) is 3.02. The van der Waals surface area contributed by atoms with Gasteiger partial charge in [-0.25, -0.2) is 0 Å². The molecule has 34 heavy (non-hydrogen) atoms. The van der Waals surface area contributed by atoms with E-state index in [9.17, 15) is 4.79 Å². The summed E-state index contributed by atoms with van der Waals surface area (Å²) in [6.07, 6.45) is 9.82. The minimum Gasteiger partial charge on any atom is -0.411 e. The number of hydrogen-bond acceptors (Lipinski definition) is 6. The first-order valence-electron chi connectivity index (χ1n) is 12.7. The van der Waals surface area contributed by atoms with Crippen LogP contribution in [0.4, 0.5) is 0 Å². The topological polar surface area (TPSA) is 80.7 Å². The average Bonchev–Trinajstić information content (AvgIpc) is 3.43. The molecule has 1 aliphatic heterocycles. The number of hydrogen-bond donors (Lipinski definition) is 1. The highest BCUT2D eigenvalue weighted by Crippen LogP contribution is 2.79. The Morgan fingerprint density at radius 2 is 1.94 bits per heavy atom. The summed E-state index contributed by atoms with van der Waals surface area (Å²) in [5.74, 6) is 1.36. The molecule has 0 radical (unpaired) electrons. The fourth-order valence-electron chi connectivity index (χ4n) is 8.95. The minimum absolute atomic E-state index is 0.0393. The lowest BCUT2D eigenvalue weighted by Crippen LogP contribution is -2.60. The second kappa shape index (κ2) is 7.49. The van der Waals surface area contributed by atoms with E-state index in [2.05, 4.69) is 24.2 Å². The Morgan fingerprint density at radius 1 is 1.15 bits per heavy atom. The van der Waals surface area contributed by atoms with Crippen LogP contribution < -0.4 is 0 Å². The maximum Gasteiger partial charge on any atom is 0.155 e. The molecule has 0 aromatic heterocycles. The molecule has 6 rings (SSSR count). The third-order valence-electron chi connectivity index (χ3n) is 10.4. The number of benzene rings is 1. The molecule has 1 aromatic rings. The van der Waals surface area contributed by atoms with Gasteiger partial charge in [0, 0.05) is 32.0 Å². The predicted molar refractivity (Wildman–Crippen MR) is 127 cm³/mol. The van der Waals surface area contributed by atoms with Gasteiger partial charge in [0.1, 0.15) is 11.2 Å². The molecule has 0 bridgehead atoms. The van der Waals surface area contributed by atoms with E-state index in [1.165, 1.54) is 17.4 Å². The van der Waals surface area contributed by atoms with E-state index in [0.717, 1.165) is 44.1 Å². The number of carbonyl (C=O) groups excluding carboxylic acids is 1. The van der Waals surface area contributed by atoms with Crippen LogP contribution in [0.2, 0.25) is 0 Å². The number of oxime groups is 1. The monoisotopic (exact) mass is 465 g/mol. The molecule has 1 aromatic carbocycles. The Morgan fingerprint density at radius 3 is 2.65 bits per heavy atom. The van der Waals surface area contributed by atoms with Crippen molar-refractivity contribution in [2.45, 2.75) is 74.6 Å². The van der Waals surface area contributed by atoms with Gasteiger partial charge in [0.2, 0.25) is 0 Å². The summed E-state index contributed by atoms with van der Waals surface area (Å²) in [5.41, 5.74) is 2.45. The first kappa shape index (κ1) is 22.4. The molecule has 4 aliphatic carbocycles. The molecule has 1 heterocycles. The number of rotatable bonds is 5. The molecule has 6 heteroatoms. The van der Waals surface area contributed by atoms with Crippen molar-refractivity contribution in [1.82, 2.24) is 0 Å². The van der Waals surface area contributed by atoms with Crippen LogP contribution in [-0.2, 0) is 19.0 Å². The van der Waals surface area contributed by atoms with Crippen LogP contribution in [0.15, 0.2) is 41.1 Å². The van der Waals surface area contributed by atoms with Crippen LogP contribution >= 0.6 is 0 Å². The molecule has 4 fully saturated rings. The summed E-state index contributed by atoms with van der Waals surface area (Å²) in [4.78, 5) is 12.3. The van der Waals surface area contributed by atoms with Gasteiger partial charge in [0.05, 0.1) is 18.4 Å². The minimum atomic E-state index is -0.309. The molecular formula is C28H35NO5. The lowest BCUT2D eigenvalue weighted by Gasteiger charge is -2.57. The Hall–Kier alpha value is -2.02. The molecule has 5 aliphatic rings. The lowest BCUT2D eigenvalue weighted by molar-refractivity contribution is -0.165. The number of epoxide rings is 1. The van der Waals surface area contributed by atoms with E-state index >= 15 is 0 Å². The van der Waals surface area contributed by atoms with Crippen molar-refractivity contribution in [3.8, 4) is 0 Å². The molecular weight excluding hydrogens is 430 g/mol. The van der Waals surface area contributed by atoms with E-state index in [1.54, 1.807) is 7.11 Å². The van der Waals surface area contributed by atoms with Crippen molar-refractivity contribution in [1.29, 1.82) is 0 Å². The fraction of sp³-hybridized carbons (Fsp3) is 0.643. The van der Waals surface area contributed by atoms with Crippen molar-refractivity contribution in [2.75, 3.05) is 20.8 Å². The smallest absolute Gasteiger partial charge is 0.155 e. The van der Waals surface area contributed by atoms with E-state index in [4.69, 9.17) is 19.4 Å². The zero-order chi connectivity index (χ0) is 23.8. The van der Waals surface area contributed by atoms with Crippen molar-refractivity contribution in [3.63, 3.8) is 0 Å². The molecule has 1 saturated heterocycles. The van der Waals surface area contributed by atoms with Gasteiger partial charge >= 0.3 is 0 Å². The first-order valence-corrected chi connectivity index (χ1v) is 12.7. The van der Waals surface area contributed by atoms with Gasteiger partial charge in [-0.15, -0.1) is 0 Å². The normalized spacial score (nSPS) is 44.7. The Bertz CT molecular complexity index is 1070. The molecule has 0 amide bonds. The van der Waals surface area contributed by atoms with Crippen molar-refractivity contribution in [3.05, 3.63) is 47.0 Å². The highest BCUT2D eigenvalue weighted by Gasteiger charge is 2.84. The molecule has 2 spiro atoms. The zero-order valence-electron chi connectivity index (χ0n) is 20.4. The van der Waals surface area contributed by atoms with E-state index in [-0.39, 0.29) is 33.9 Å². The van der Waals surface area contributed by atoms with E-state index in [0.29, 0.717) is 24.9 Å². The lowest BCUT2D eigenvalue weighted by atomic mass is 9.46. The summed E-state index contributed by atoms with van der Waals surface area (Å²) in [5, 5.41) is 12.1. The number of carbonyl (C=O) groups is 1. The molecule has 3 saturated carbocycles. The van der Waals surface area contributed by atoms with Crippen LogP contribution in [0.25, 0.3) is 0 Å². The molecule has 6 nitrogen and oxygen atoms in total. The van der Waals surface area contributed by atoms with Gasteiger partial charge in [0.15, 0.2) is 5.78 Å². The zero-order valence-corrected chi connectivity index (χ0v) is 20.4. The first-order chi connectivity index (χ1) is 16.4. The van der Waals surface area contributed by atoms with Crippen molar-refractivity contribution in [2.24, 2.45) is 22.4 Å². The molecule has 7 atom stereocenters. The molecule has 0 unspecified atom stereocenters. The number of methoxy groups -OCH3 is 2. The second-order valence-corrected chi connectivity index (χ2v) is 11.4. The Balaban J connectivity index is 1.49. The van der Waals surface area contributed by atoms with Gasteiger partial charge in [-0.2, -0.15) is 0 Å². The van der Waals surface area contributed by atoms with Gasteiger partial charge < -0.3 is 19.4 Å². The fourth-order valence-corrected chi connectivity index (χ4v) is 8.95. The van der Waals surface area contributed by atoms with Crippen LogP contribution in [0.5, 0.6) is 0 Å². The largest absolute Gasteiger partial charge is 0.411 e. The highest BCUT2D eigenvalue weighted by atomic mass is 16.6. The van der Waals surface area contributed by atoms with Gasteiger partial charge in [0.25, 0.3) is 0 Å². The summed E-state index contributed by atoms with van der Waals surface area (Å²) >= 11 is 0. The summed E-state index contributed by atoms with van der Waals surface area (Å²) in [7, 11) is 3.62. The average molecular weight is 466 g/mol.